The summed E-state index contributed by atoms with van der Waals surface area (Å²) in [6, 6.07) is 8.52. The largest absolute Gasteiger partial charge is 0.493 e. The first-order chi connectivity index (χ1) is 10.3. The molecule has 1 atom stereocenters. The maximum absolute atomic E-state index is 6.06. The number of hydrogen-bond donors (Lipinski definition) is 0. The van der Waals surface area contributed by atoms with Gasteiger partial charge in [0.25, 0.3) is 0 Å². The van der Waals surface area contributed by atoms with Gasteiger partial charge in [-0.05, 0) is 56.3 Å². The number of benzene rings is 1. The Kier molecular flexibility index (Phi) is 7.08. The van der Waals surface area contributed by atoms with Gasteiger partial charge < -0.3 is 9.64 Å². The van der Waals surface area contributed by atoms with Crippen molar-refractivity contribution in [1.29, 1.82) is 0 Å². The Bertz CT molecular complexity index is 396. The van der Waals surface area contributed by atoms with Crippen molar-refractivity contribution < 1.29 is 4.74 Å². The van der Waals surface area contributed by atoms with E-state index < -0.39 is 0 Å². The Balaban J connectivity index is 1.75. The van der Waals surface area contributed by atoms with Crippen LogP contribution < -0.4 is 4.74 Å². The van der Waals surface area contributed by atoms with E-state index in [1.54, 1.807) is 0 Å². The highest BCUT2D eigenvalue weighted by atomic mass is 16.5. The first kappa shape index (κ1) is 16.4. The fourth-order valence-electron chi connectivity index (χ4n) is 3.07. The van der Waals surface area contributed by atoms with E-state index in [1.807, 2.05) is 0 Å². The third-order valence-electron chi connectivity index (χ3n) is 4.64. The van der Waals surface area contributed by atoms with Gasteiger partial charge in [0.05, 0.1) is 6.61 Å². The molecule has 0 aliphatic carbocycles. The van der Waals surface area contributed by atoms with Crippen LogP contribution in [0.1, 0.15) is 63.9 Å². The molecule has 1 aliphatic heterocycles. The van der Waals surface area contributed by atoms with Crippen LogP contribution in [0.2, 0.25) is 0 Å². The molecule has 1 saturated heterocycles. The van der Waals surface area contributed by atoms with Crippen molar-refractivity contribution in [2.24, 2.45) is 0 Å². The summed E-state index contributed by atoms with van der Waals surface area (Å²) >= 11 is 0. The minimum atomic E-state index is 0.576. The fraction of sp³-hybridized carbons (Fsp3) is 0.684. The van der Waals surface area contributed by atoms with Crippen LogP contribution in [-0.4, -0.2) is 31.1 Å². The summed E-state index contributed by atoms with van der Waals surface area (Å²) in [6.07, 6.45) is 7.86. The van der Waals surface area contributed by atoms with E-state index in [0.717, 1.165) is 25.2 Å². The first-order valence-corrected chi connectivity index (χ1v) is 8.75. The molecule has 0 bridgehead atoms. The van der Waals surface area contributed by atoms with Crippen molar-refractivity contribution >= 4 is 0 Å². The second-order valence-electron chi connectivity index (χ2n) is 6.30. The van der Waals surface area contributed by atoms with E-state index in [1.165, 1.54) is 50.9 Å². The monoisotopic (exact) mass is 289 g/mol. The second-order valence-corrected chi connectivity index (χ2v) is 6.30. The highest BCUT2D eigenvalue weighted by Crippen LogP contribution is 2.28. The maximum atomic E-state index is 6.06. The maximum Gasteiger partial charge on any atom is 0.122 e. The molecule has 0 saturated carbocycles. The van der Waals surface area contributed by atoms with Crippen molar-refractivity contribution in [2.75, 3.05) is 26.2 Å². The van der Waals surface area contributed by atoms with Crippen molar-refractivity contribution in [3.63, 3.8) is 0 Å². The normalized spacial score (nSPS) is 18.2. The number of ether oxygens (including phenoxy) is 1. The number of rotatable bonds is 7. The van der Waals surface area contributed by atoms with Crippen LogP contribution in [0.25, 0.3) is 0 Å². The van der Waals surface area contributed by atoms with E-state index in [4.69, 9.17) is 4.74 Å². The van der Waals surface area contributed by atoms with Gasteiger partial charge in [-0.1, -0.05) is 44.9 Å². The Morgan fingerprint density at radius 1 is 1.10 bits per heavy atom. The Labute approximate surface area is 130 Å². The van der Waals surface area contributed by atoms with Crippen LogP contribution >= 0.6 is 0 Å². The fourth-order valence-corrected chi connectivity index (χ4v) is 3.07. The number of hydrogen-bond acceptors (Lipinski definition) is 2. The topological polar surface area (TPSA) is 12.5 Å². The summed E-state index contributed by atoms with van der Waals surface area (Å²) in [5.41, 5.74) is 1.36. The molecular formula is C19H31NO. The van der Waals surface area contributed by atoms with Gasteiger partial charge in [0.1, 0.15) is 5.75 Å². The Hall–Kier alpha value is -1.02. The Morgan fingerprint density at radius 2 is 1.81 bits per heavy atom. The zero-order valence-electron chi connectivity index (χ0n) is 13.8. The summed E-state index contributed by atoms with van der Waals surface area (Å²) in [5.74, 6) is 1.66. The average Bonchev–Trinajstić information content (AvgIpc) is 2.80. The number of nitrogens with zero attached hydrogens (tertiary/aromatic N) is 1. The van der Waals surface area contributed by atoms with Crippen molar-refractivity contribution in [3.05, 3.63) is 29.8 Å². The van der Waals surface area contributed by atoms with Gasteiger partial charge in [0, 0.05) is 6.54 Å². The molecule has 1 aliphatic rings. The minimum Gasteiger partial charge on any atom is -0.493 e. The summed E-state index contributed by atoms with van der Waals surface area (Å²) in [4.78, 5) is 2.61. The lowest BCUT2D eigenvalue weighted by Gasteiger charge is -2.20. The van der Waals surface area contributed by atoms with Crippen LogP contribution in [0.4, 0.5) is 0 Å². The van der Waals surface area contributed by atoms with Crippen molar-refractivity contribution in [2.45, 2.75) is 58.3 Å². The van der Waals surface area contributed by atoms with Crippen LogP contribution in [-0.2, 0) is 0 Å². The van der Waals surface area contributed by atoms with Gasteiger partial charge in [0.2, 0.25) is 0 Å². The third kappa shape index (κ3) is 5.35. The van der Waals surface area contributed by atoms with Gasteiger partial charge in [-0.3, -0.25) is 0 Å². The van der Waals surface area contributed by atoms with Crippen LogP contribution in [0.5, 0.6) is 5.75 Å². The van der Waals surface area contributed by atoms with Gasteiger partial charge in [-0.15, -0.1) is 0 Å². The highest BCUT2D eigenvalue weighted by Gasteiger charge is 2.10. The lowest BCUT2D eigenvalue weighted by molar-refractivity contribution is 0.238. The zero-order valence-corrected chi connectivity index (χ0v) is 13.8. The summed E-state index contributed by atoms with van der Waals surface area (Å²) in [5, 5.41) is 0. The molecule has 0 spiro atoms. The average molecular weight is 289 g/mol. The molecule has 2 nitrogen and oxygen atoms in total. The van der Waals surface area contributed by atoms with Gasteiger partial charge in [0.15, 0.2) is 0 Å². The molecular weight excluding hydrogens is 258 g/mol. The molecule has 2 heteroatoms. The molecule has 1 fully saturated rings. The number of para-hydroxylation sites is 1. The summed E-state index contributed by atoms with van der Waals surface area (Å²) in [6.45, 7) is 9.10. The van der Waals surface area contributed by atoms with E-state index >= 15 is 0 Å². The van der Waals surface area contributed by atoms with Crippen molar-refractivity contribution in [3.8, 4) is 5.75 Å². The quantitative estimate of drug-likeness (QED) is 0.666. The summed E-state index contributed by atoms with van der Waals surface area (Å²) in [7, 11) is 0. The lowest BCUT2D eigenvalue weighted by atomic mass is 9.98. The van der Waals surface area contributed by atoms with E-state index in [9.17, 15) is 0 Å². The van der Waals surface area contributed by atoms with E-state index in [0.29, 0.717) is 5.92 Å². The molecule has 0 aromatic heterocycles. The molecule has 0 N–H and O–H groups in total. The predicted octanol–water partition coefficient (Wildman–Crippen LogP) is 4.85. The number of likely N-dealkylation sites (tertiary alicyclic amines) is 1. The van der Waals surface area contributed by atoms with Crippen LogP contribution in [0.3, 0.4) is 0 Å². The molecule has 1 aromatic rings. The third-order valence-corrected chi connectivity index (χ3v) is 4.64. The van der Waals surface area contributed by atoms with E-state index in [-0.39, 0.29) is 0 Å². The smallest absolute Gasteiger partial charge is 0.122 e. The van der Waals surface area contributed by atoms with Crippen LogP contribution in [0.15, 0.2) is 24.3 Å². The molecule has 1 aromatic carbocycles. The second kappa shape index (κ2) is 9.09. The first-order valence-electron chi connectivity index (χ1n) is 8.75. The molecule has 21 heavy (non-hydrogen) atoms. The van der Waals surface area contributed by atoms with Gasteiger partial charge in [-0.25, -0.2) is 0 Å². The highest BCUT2D eigenvalue weighted by molar-refractivity contribution is 5.35. The lowest BCUT2D eigenvalue weighted by Crippen LogP contribution is -2.26. The van der Waals surface area contributed by atoms with E-state index in [2.05, 4.69) is 43.0 Å². The predicted molar refractivity (Wildman–Crippen MR) is 90.2 cm³/mol. The molecule has 0 radical (unpaired) electrons. The molecule has 0 unspecified atom stereocenters. The molecule has 1 heterocycles. The Morgan fingerprint density at radius 3 is 2.52 bits per heavy atom. The zero-order chi connectivity index (χ0) is 14.9. The standard InChI is InChI=1S/C19H31NO/c1-3-17(2)18-11-6-7-12-19(18)21-16-10-15-20-13-8-4-5-9-14-20/h6-7,11-12,17H,3-5,8-10,13-16H2,1-2H3/t17-/m1/s1. The minimum absolute atomic E-state index is 0.576. The van der Waals surface area contributed by atoms with Crippen LogP contribution in [0, 0.1) is 0 Å². The molecule has 0 amide bonds. The molecule has 118 valence electrons. The molecule has 2 rings (SSSR count). The van der Waals surface area contributed by atoms with Crippen molar-refractivity contribution in [1.82, 2.24) is 4.90 Å². The summed E-state index contributed by atoms with van der Waals surface area (Å²) < 4.78 is 6.06. The van der Waals surface area contributed by atoms with Gasteiger partial charge >= 0.3 is 0 Å². The SMILES string of the molecule is CC[C@@H](C)c1ccccc1OCCCN1CCCCCC1. The van der Waals surface area contributed by atoms with Gasteiger partial charge in [-0.2, -0.15) is 0 Å².